The summed E-state index contributed by atoms with van der Waals surface area (Å²) in [5.74, 6) is -0.703. The van der Waals surface area contributed by atoms with Gasteiger partial charge in [0.15, 0.2) is 11.5 Å². The molecule has 2 atom stereocenters. The standard InChI is InChI=1S/C28H28F3N5O5/c1-5-40-19-9-7-6-8-18(19)34-25(37)15(3)33-26(38)23-24(14(2)32)41-27(36-23)17-10-12-20(39-4)22-16(17)11-13-21(35-22)28(29,30)31/h6-15H,5,32H2,1-4H3,(H,33,38)(H,34,37)/t14-,15+/m0/s1. The summed E-state index contributed by atoms with van der Waals surface area (Å²) < 4.78 is 56.5. The molecular weight excluding hydrogens is 543 g/mol. The SMILES string of the molecule is CCOc1ccccc1NC(=O)[C@@H](C)NC(=O)c1nc(-c2ccc(OC)c3nc(C(F)(F)F)ccc23)oc1[C@H](C)N. The Hall–Kier alpha value is -4.65. The van der Waals surface area contributed by atoms with Gasteiger partial charge in [-0.2, -0.15) is 13.2 Å². The first kappa shape index (κ1) is 29.3. The maximum atomic E-state index is 13.3. The zero-order valence-corrected chi connectivity index (χ0v) is 22.6. The molecule has 0 unspecified atom stereocenters. The molecule has 2 aromatic heterocycles. The molecule has 0 saturated heterocycles. The Labute approximate surface area is 233 Å². The van der Waals surface area contributed by atoms with Gasteiger partial charge in [0, 0.05) is 10.9 Å². The smallest absolute Gasteiger partial charge is 0.433 e. The number of carbonyl (C=O) groups is 2. The Morgan fingerprint density at radius 2 is 1.78 bits per heavy atom. The molecule has 2 heterocycles. The number of aromatic nitrogens is 2. The maximum Gasteiger partial charge on any atom is 0.433 e. The van der Waals surface area contributed by atoms with Crippen molar-refractivity contribution >= 4 is 28.4 Å². The molecule has 10 nitrogen and oxygen atoms in total. The quantitative estimate of drug-likeness (QED) is 0.252. The highest BCUT2D eigenvalue weighted by Crippen LogP contribution is 2.37. The van der Waals surface area contributed by atoms with Crippen molar-refractivity contribution in [3.63, 3.8) is 0 Å². The van der Waals surface area contributed by atoms with Gasteiger partial charge < -0.3 is 30.3 Å². The van der Waals surface area contributed by atoms with Crippen molar-refractivity contribution in [2.45, 2.75) is 39.0 Å². The fourth-order valence-corrected chi connectivity index (χ4v) is 4.04. The summed E-state index contributed by atoms with van der Waals surface area (Å²) in [6, 6.07) is 10.1. The van der Waals surface area contributed by atoms with Gasteiger partial charge in [0.25, 0.3) is 5.91 Å². The number of hydrogen-bond acceptors (Lipinski definition) is 8. The average Bonchev–Trinajstić information content (AvgIpc) is 3.38. The van der Waals surface area contributed by atoms with Crippen LogP contribution in [0.1, 0.15) is 48.8 Å². The van der Waals surface area contributed by atoms with Crippen molar-refractivity contribution in [1.82, 2.24) is 15.3 Å². The molecule has 4 rings (SSSR count). The highest BCUT2D eigenvalue weighted by molar-refractivity contribution is 6.02. The number of fused-ring (bicyclic) bond motifs is 1. The van der Waals surface area contributed by atoms with Gasteiger partial charge in [-0.25, -0.2) is 9.97 Å². The predicted molar refractivity (Wildman–Crippen MR) is 145 cm³/mol. The second-order valence-electron chi connectivity index (χ2n) is 9.04. The molecule has 216 valence electrons. The van der Waals surface area contributed by atoms with E-state index < -0.39 is 35.8 Å². The molecule has 0 radical (unpaired) electrons. The van der Waals surface area contributed by atoms with Gasteiger partial charge in [-0.3, -0.25) is 9.59 Å². The van der Waals surface area contributed by atoms with Crippen LogP contribution in [-0.2, 0) is 11.0 Å². The second-order valence-corrected chi connectivity index (χ2v) is 9.04. The number of rotatable bonds is 9. The topological polar surface area (TPSA) is 142 Å². The van der Waals surface area contributed by atoms with E-state index in [1.54, 1.807) is 31.2 Å². The number of amides is 2. The Morgan fingerprint density at radius 3 is 2.44 bits per heavy atom. The first-order chi connectivity index (χ1) is 19.4. The number of ether oxygens (including phenoxy) is 2. The number of anilines is 1. The van der Waals surface area contributed by atoms with Crippen LogP contribution in [-0.4, -0.2) is 41.5 Å². The van der Waals surface area contributed by atoms with E-state index in [9.17, 15) is 22.8 Å². The molecule has 0 spiro atoms. The Balaban J connectivity index is 1.64. The van der Waals surface area contributed by atoms with Crippen molar-refractivity contribution < 1.29 is 36.7 Å². The summed E-state index contributed by atoms with van der Waals surface area (Å²) in [6.45, 7) is 5.28. The molecular formula is C28H28F3N5O5. The van der Waals surface area contributed by atoms with Gasteiger partial charge in [-0.1, -0.05) is 12.1 Å². The highest BCUT2D eigenvalue weighted by atomic mass is 19.4. The number of nitrogens with two attached hydrogens (primary N) is 1. The molecule has 13 heteroatoms. The Bertz CT molecular complexity index is 1590. The maximum absolute atomic E-state index is 13.3. The number of benzene rings is 2. The number of methoxy groups -OCH3 is 1. The summed E-state index contributed by atoms with van der Waals surface area (Å²) in [6.07, 6.45) is -4.67. The lowest BCUT2D eigenvalue weighted by Gasteiger charge is -2.16. The normalized spacial score (nSPS) is 13.0. The van der Waals surface area contributed by atoms with Crippen LogP contribution >= 0.6 is 0 Å². The zero-order valence-electron chi connectivity index (χ0n) is 22.6. The molecule has 0 bridgehead atoms. The third-order valence-electron chi connectivity index (χ3n) is 6.03. The van der Waals surface area contributed by atoms with Crippen molar-refractivity contribution in [3.8, 4) is 23.0 Å². The van der Waals surface area contributed by atoms with Crippen LogP contribution in [0.3, 0.4) is 0 Å². The van der Waals surface area contributed by atoms with Gasteiger partial charge in [-0.05, 0) is 57.2 Å². The number of pyridine rings is 1. The van der Waals surface area contributed by atoms with Crippen molar-refractivity contribution in [3.05, 3.63) is 65.7 Å². The van der Waals surface area contributed by atoms with Crippen LogP contribution in [0.2, 0.25) is 0 Å². The monoisotopic (exact) mass is 571 g/mol. The van der Waals surface area contributed by atoms with E-state index >= 15 is 0 Å². The van der Waals surface area contributed by atoms with Gasteiger partial charge >= 0.3 is 6.18 Å². The molecule has 41 heavy (non-hydrogen) atoms. The van der Waals surface area contributed by atoms with E-state index in [-0.39, 0.29) is 39.6 Å². The van der Waals surface area contributed by atoms with Crippen molar-refractivity contribution in [2.75, 3.05) is 19.0 Å². The number of nitrogens with zero attached hydrogens (tertiary/aromatic N) is 2. The molecule has 0 aliphatic rings. The summed E-state index contributed by atoms with van der Waals surface area (Å²) >= 11 is 0. The molecule has 4 aromatic rings. The zero-order chi connectivity index (χ0) is 29.9. The van der Waals surface area contributed by atoms with Crippen molar-refractivity contribution in [1.29, 1.82) is 0 Å². The minimum atomic E-state index is -4.67. The molecule has 0 aliphatic carbocycles. The number of oxazole rings is 1. The third kappa shape index (κ3) is 6.24. The summed E-state index contributed by atoms with van der Waals surface area (Å²) in [4.78, 5) is 34.1. The lowest BCUT2D eigenvalue weighted by atomic mass is 10.1. The van der Waals surface area contributed by atoms with E-state index in [0.717, 1.165) is 6.07 Å². The molecule has 2 amide bonds. The highest BCUT2D eigenvalue weighted by Gasteiger charge is 2.33. The number of para-hydroxylation sites is 2. The van der Waals surface area contributed by atoms with E-state index in [1.165, 1.54) is 32.2 Å². The molecule has 4 N–H and O–H groups in total. The predicted octanol–water partition coefficient (Wildman–Crippen LogP) is 5.09. The number of carbonyl (C=O) groups excluding carboxylic acids is 2. The lowest BCUT2D eigenvalue weighted by molar-refractivity contribution is -0.141. The lowest BCUT2D eigenvalue weighted by Crippen LogP contribution is -2.42. The van der Waals surface area contributed by atoms with Gasteiger partial charge in [0.1, 0.15) is 28.8 Å². The van der Waals surface area contributed by atoms with Crippen LogP contribution in [0.15, 0.2) is 52.9 Å². The first-order valence-electron chi connectivity index (χ1n) is 12.6. The van der Waals surface area contributed by atoms with E-state index in [0.29, 0.717) is 18.0 Å². The van der Waals surface area contributed by atoms with Gasteiger partial charge in [0.2, 0.25) is 11.8 Å². The molecule has 0 fully saturated rings. The summed E-state index contributed by atoms with van der Waals surface area (Å²) in [5, 5.41) is 5.55. The first-order valence-corrected chi connectivity index (χ1v) is 12.6. The third-order valence-corrected chi connectivity index (χ3v) is 6.03. The summed E-state index contributed by atoms with van der Waals surface area (Å²) in [5.41, 5.74) is 5.41. The minimum absolute atomic E-state index is 0.0237. The molecule has 0 saturated carbocycles. The fourth-order valence-electron chi connectivity index (χ4n) is 4.04. The summed E-state index contributed by atoms with van der Waals surface area (Å²) in [7, 11) is 1.31. The Kier molecular flexibility index (Phi) is 8.47. The number of nitrogens with one attached hydrogen (secondary N) is 2. The molecule has 2 aromatic carbocycles. The van der Waals surface area contributed by atoms with Gasteiger partial charge in [0.05, 0.1) is 25.4 Å². The minimum Gasteiger partial charge on any atom is -0.494 e. The Morgan fingerprint density at radius 1 is 1.05 bits per heavy atom. The van der Waals surface area contributed by atoms with Crippen LogP contribution < -0.4 is 25.8 Å². The van der Waals surface area contributed by atoms with E-state index in [4.69, 9.17) is 19.6 Å². The largest absolute Gasteiger partial charge is 0.494 e. The van der Waals surface area contributed by atoms with Gasteiger partial charge in [-0.15, -0.1) is 0 Å². The number of halogens is 3. The van der Waals surface area contributed by atoms with Crippen LogP contribution in [0, 0.1) is 0 Å². The van der Waals surface area contributed by atoms with E-state index in [1.807, 2.05) is 6.92 Å². The number of alkyl halides is 3. The average molecular weight is 572 g/mol. The van der Waals surface area contributed by atoms with E-state index in [2.05, 4.69) is 20.6 Å². The number of hydrogen-bond donors (Lipinski definition) is 3. The second kappa shape index (κ2) is 11.8. The fraction of sp³-hybridized carbons (Fsp3) is 0.286. The van der Waals surface area contributed by atoms with Crippen LogP contribution in [0.25, 0.3) is 22.4 Å². The molecule has 0 aliphatic heterocycles. The van der Waals surface area contributed by atoms with Crippen molar-refractivity contribution in [2.24, 2.45) is 5.73 Å². The van der Waals surface area contributed by atoms with Crippen LogP contribution in [0.5, 0.6) is 11.5 Å². The van der Waals surface area contributed by atoms with Crippen LogP contribution in [0.4, 0.5) is 18.9 Å².